The van der Waals surface area contributed by atoms with E-state index in [0.29, 0.717) is 6.54 Å². The zero-order chi connectivity index (χ0) is 18.4. The van der Waals surface area contributed by atoms with Gasteiger partial charge in [0.25, 0.3) is 0 Å². The maximum absolute atomic E-state index is 13.1. The van der Waals surface area contributed by atoms with Gasteiger partial charge in [0.2, 0.25) is 5.91 Å². The number of piperazine rings is 1. The monoisotopic (exact) mass is 362 g/mol. The van der Waals surface area contributed by atoms with Crippen molar-refractivity contribution in [3.8, 4) is 0 Å². The molecule has 0 aromatic heterocycles. The number of rotatable bonds is 6. The van der Waals surface area contributed by atoms with Crippen LogP contribution in [0, 0.1) is 11.7 Å². The summed E-state index contributed by atoms with van der Waals surface area (Å²) in [5.41, 5.74) is 1.03. The second kappa shape index (κ2) is 9.33. The summed E-state index contributed by atoms with van der Waals surface area (Å²) in [4.78, 5) is 19.1. The van der Waals surface area contributed by atoms with Crippen LogP contribution in [0.2, 0.25) is 0 Å². The number of hydrogen-bond donors (Lipinski definition) is 1. The van der Waals surface area contributed by atoms with Crippen molar-refractivity contribution in [2.45, 2.75) is 19.3 Å². The molecule has 3 rings (SSSR count). The maximum Gasteiger partial charge on any atom is 0.236 e. The first-order valence-electron chi connectivity index (χ1n) is 9.81. The molecule has 2 aliphatic heterocycles. The summed E-state index contributed by atoms with van der Waals surface area (Å²) in [6.45, 7) is 6.82. The highest BCUT2D eigenvalue weighted by atomic mass is 19.1. The zero-order valence-corrected chi connectivity index (χ0v) is 15.8. The molecule has 0 aliphatic carbocycles. The number of nitrogens with zero attached hydrogens (tertiary/aromatic N) is 3. The summed E-state index contributed by atoms with van der Waals surface area (Å²) in [5, 5.41) is 3.22. The number of anilines is 1. The molecule has 144 valence electrons. The minimum Gasteiger partial charge on any atom is -0.368 e. The highest BCUT2D eigenvalue weighted by Crippen LogP contribution is 2.20. The summed E-state index contributed by atoms with van der Waals surface area (Å²) in [7, 11) is 2.00. The van der Waals surface area contributed by atoms with Crippen LogP contribution in [0.4, 0.5) is 10.1 Å². The van der Waals surface area contributed by atoms with Gasteiger partial charge in [-0.3, -0.25) is 9.69 Å². The third kappa shape index (κ3) is 5.17. The minimum atomic E-state index is -0.211. The first-order chi connectivity index (χ1) is 12.7. The van der Waals surface area contributed by atoms with Crippen molar-refractivity contribution < 1.29 is 9.18 Å². The molecule has 2 fully saturated rings. The normalized spacial score (nSPS) is 19.8. The summed E-state index contributed by atoms with van der Waals surface area (Å²) >= 11 is 0. The molecule has 2 saturated heterocycles. The smallest absolute Gasteiger partial charge is 0.236 e. The van der Waals surface area contributed by atoms with Gasteiger partial charge in [-0.25, -0.2) is 4.39 Å². The number of likely N-dealkylation sites (tertiary alicyclic amines) is 1. The Balaban J connectivity index is 1.39. The van der Waals surface area contributed by atoms with Crippen LogP contribution in [0.3, 0.4) is 0 Å². The number of halogens is 1. The Labute approximate surface area is 156 Å². The topological polar surface area (TPSA) is 38.8 Å². The average Bonchev–Trinajstić information content (AvgIpc) is 2.68. The second-order valence-electron chi connectivity index (χ2n) is 7.46. The first-order valence-corrected chi connectivity index (χ1v) is 9.81. The number of amides is 1. The van der Waals surface area contributed by atoms with Crippen LogP contribution in [-0.4, -0.2) is 75.1 Å². The van der Waals surface area contributed by atoms with E-state index >= 15 is 0 Å². The third-order valence-electron chi connectivity index (χ3n) is 5.69. The van der Waals surface area contributed by atoms with Crippen molar-refractivity contribution in [3.63, 3.8) is 0 Å². The van der Waals surface area contributed by atoms with Crippen LogP contribution >= 0.6 is 0 Å². The van der Waals surface area contributed by atoms with Gasteiger partial charge in [-0.15, -0.1) is 0 Å². The number of carbonyl (C=O) groups excluding carboxylic acids is 1. The number of benzene rings is 1. The van der Waals surface area contributed by atoms with Crippen molar-refractivity contribution >= 4 is 11.6 Å². The fourth-order valence-corrected chi connectivity index (χ4v) is 3.94. The Bertz CT molecular complexity index is 564. The molecule has 1 N–H and O–H groups in total. The molecule has 2 aliphatic rings. The predicted octanol–water partition coefficient (Wildman–Crippen LogP) is 1.80. The Kier molecular flexibility index (Phi) is 6.86. The molecule has 0 unspecified atom stereocenters. The molecule has 2 heterocycles. The van der Waals surface area contributed by atoms with E-state index in [0.717, 1.165) is 57.4 Å². The largest absolute Gasteiger partial charge is 0.368 e. The molecular formula is C20H31FN4O. The molecule has 0 bridgehead atoms. The highest BCUT2D eigenvalue weighted by molar-refractivity contribution is 5.78. The van der Waals surface area contributed by atoms with Crippen molar-refractivity contribution in [3.05, 3.63) is 30.1 Å². The number of carbonyl (C=O) groups is 1. The lowest BCUT2D eigenvalue weighted by Gasteiger charge is -2.38. The van der Waals surface area contributed by atoms with E-state index in [2.05, 4.69) is 15.1 Å². The number of nitrogens with one attached hydrogen (secondary N) is 1. The Morgan fingerprint density at radius 1 is 1.08 bits per heavy atom. The van der Waals surface area contributed by atoms with Crippen molar-refractivity contribution in [2.75, 3.05) is 64.3 Å². The minimum absolute atomic E-state index is 0.211. The summed E-state index contributed by atoms with van der Waals surface area (Å²) in [6, 6.07) is 6.61. The highest BCUT2D eigenvalue weighted by Gasteiger charge is 2.25. The number of piperidine rings is 1. The van der Waals surface area contributed by atoms with Crippen LogP contribution < -0.4 is 10.2 Å². The Morgan fingerprint density at radius 3 is 2.35 bits per heavy atom. The average molecular weight is 362 g/mol. The van der Waals surface area contributed by atoms with Crippen LogP contribution in [-0.2, 0) is 4.79 Å². The second-order valence-corrected chi connectivity index (χ2v) is 7.46. The molecule has 0 radical (unpaired) electrons. The van der Waals surface area contributed by atoms with Gasteiger partial charge in [-0.05, 0) is 76.1 Å². The quantitative estimate of drug-likeness (QED) is 0.838. The van der Waals surface area contributed by atoms with Gasteiger partial charge in [0, 0.05) is 31.9 Å². The molecule has 1 aromatic carbocycles. The third-order valence-corrected chi connectivity index (χ3v) is 5.69. The Hall–Kier alpha value is -1.66. The standard InChI is InChI=1S/C20H31FN4O/c1-22-9-6-17-7-10-23(11-8-17)16-20(26)25-14-12-24(13-15-25)19-4-2-18(21)3-5-19/h2-5,17,22H,6-16H2,1H3. The molecule has 0 atom stereocenters. The fraction of sp³-hybridized carbons (Fsp3) is 0.650. The van der Waals surface area contributed by atoms with E-state index in [1.54, 1.807) is 0 Å². The van der Waals surface area contributed by atoms with Crippen LogP contribution in [0.25, 0.3) is 0 Å². The van der Waals surface area contributed by atoms with E-state index in [4.69, 9.17) is 0 Å². The van der Waals surface area contributed by atoms with E-state index in [9.17, 15) is 9.18 Å². The predicted molar refractivity (Wildman–Crippen MR) is 103 cm³/mol. The summed E-state index contributed by atoms with van der Waals surface area (Å²) < 4.78 is 13.1. The molecule has 1 aromatic rings. The van der Waals surface area contributed by atoms with Gasteiger partial charge < -0.3 is 15.1 Å². The first kappa shape index (κ1) is 19.1. The van der Waals surface area contributed by atoms with E-state index < -0.39 is 0 Å². The van der Waals surface area contributed by atoms with E-state index in [1.807, 2.05) is 24.1 Å². The lowest BCUT2D eigenvalue weighted by atomic mass is 9.93. The van der Waals surface area contributed by atoms with Crippen LogP contribution in [0.15, 0.2) is 24.3 Å². The van der Waals surface area contributed by atoms with Gasteiger partial charge in [0.1, 0.15) is 5.82 Å². The lowest BCUT2D eigenvalue weighted by Crippen LogP contribution is -2.52. The summed E-state index contributed by atoms with van der Waals surface area (Å²) in [5.74, 6) is 0.836. The Morgan fingerprint density at radius 2 is 1.73 bits per heavy atom. The lowest BCUT2D eigenvalue weighted by molar-refractivity contribution is -0.133. The maximum atomic E-state index is 13.1. The van der Waals surface area contributed by atoms with Crippen LogP contribution in [0.1, 0.15) is 19.3 Å². The van der Waals surface area contributed by atoms with Gasteiger partial charge in [-0.2, -0.15) is 0 Å². The molecule has 0 saturated carbocycles. The van der Waals surface area contributed by atoms with E-state index in [-0.39, 0.29) is 11.7 Å². The van der Waals surface area contributed by atoms with E-state index in [1.165, 1.54) is 31.4 Å². The molecule has 6 heteroatoms. The fourth-order valence-electron chi connectivity index (χ4n) is 3.94. The SMILES string of the molecule is CNCCC1CCN(CC(=O)N2CCN(c3ccc(F)cc3)CC2)CC1. The summed E-state index contributed by atoms with van der Waals surface area (Å²) in [6.07, 6.45) is 3.64. The molecule has 5 nitrogen and oxygen atoms in total. The van der Waals surface area contributed by atoms with Crippen molar-refractivity contribution in [2.24, 2.45) is 5.92 Å². The van der Waals surface area contributed by atoms with Gasteiger partial charge in [0.05, 0.1) is 6.54 Å². The van der Waals surface area contributed by atoms with Gasteiger partial charge in [-0.1, -0.05) is 0 Å². The van der Waals surface area contributed by atoms with Crippen LogP contribution in [0.5, 0.6) is 0 Å². The molecule has 26 heavy (non-hydrogen) atoms. The van der Waals surface area contributed by atoms with Crippen molar-refractivity contribution in [1.29, 1.82) is 0 Å². The molecule has 0 spiro atoms. The van der Waals surface area contributed by atoms with Crippen molar-refractivity contribution in [1.82, 2.24) is 15.1 Å². The van der Waals surface area contributed by atoms with Gasteiger partial charge >= 0.3 is 0 Å². The number of hydrogen-bond acceptors (Lipinski definition) is 4. The molecular weight excluding hydrogens is 331 g/mol. The molecule has 1 amide bonds. The zero-order valence-electron chi connectivity index (χ0n) is 15.8. The van der Waals surface area contributed by atoms with Gasteiger partial charge in [0.15, 0.2) is 0 Å².